The number of rotatable bonds is 2. The molecule has 0 radical (unpaired) electrons. The molecule has 4 aromatic rings. The van der Waals surface area contributed by atoms with Crippen molar-refractivity contribution in [2.24, 2.45) is 0 Å². The van der Waals surface area contributed by atoms with Crippen molar-refractivity contribution in [3.63, 3.8) is 0 Å². The molecule has 19 heavy (non-hydrogen) atoms. The normalized spacial score (nSPS) is 11.2. The van der Waals surface area contributed by atoms with Gasteiger partial charge in [0.2, 0.25) is 0 Å². The van der Waals surface area contributed by atoms with Crippen LogP contribution in [0.4, 0.5) is 0 Å². The molecule has 1 N–H and O–H groups in total. The van der Waals surface area contributed by atoms with E-state index in [0.717, 1.165) is 16.6 Å². The van der Waals surface area contributed by atoms with Crippen molar-refractivity contribution in [3.05, 3.63) is 42.9 Å². The molecule has 0 aliphatic heterocycles. The highest BCUT2D eigenvalue weighted by Crippen LogP contribution is 2.21. The highest BCUT2D eigenvalue weighted by Gasteiger charge is 2.10. The number of nitrogens with one attached hydrogen (secondary N) is 1. The smallest absolute Gasteiger partial charge is 0.135 e. The molecular weight excluding hydrogens is 244 g/mol. The first-order valence-electron chi connectivity index (χ1n) is 5.67. The van der Waals surface area contributed by atoms with Crippen molar-refractivity contribution < 1.29 is 4.52 Å². The minimum atomic E-state index is 0.658. The average molecular weight is 252 g/mol. The summed E-state index contributed by atoms with van der Waals surface area (Å²) in [5.74, 6) is 0. The Hall–Kier alpha value is -2.96. The lowest BCUT2D eigenvalue weighted by atomic mass is 10.2. The minimum absolute atomic E-state index is 0.658. The topological polar surface area (TPSA) is 85.4 Å². The molecule has 3 heterocycles. The number of benzene rings is 1. The third-order valence-electron chi connectivity index (χ3n) is 2.90. The fourth-order valence-electron chi connectivity index (χ4n) is 2.00. The zero-order valence-corrected chi connectivity index (χ0v) is 9.69. The van der Waals surface area contributed by atoms with Crippen molar-refractivity contribution in [1.29, 1.82) is 0 Å². The van der Waals surface area contributed by atoms with E-state index in [1.54, 1.807) is 23.1 Å². The van der Waals surface area contributed by atoms with Gasteiger partial charge >= 0.3 is 0 Å². The van der Waals surface area contributed by atoms with Crippen LogP contribution in [0.5, 0.6) is 0 Å². The van der Waals surface area contributed by atoms with Gasteiger partial charge in [-0.1, -0.05) is 16.4 Å². The molecule has 0 aliphatic rings. The van der Waals surface area contributed by atoms with Crippen LogP contribution in [0.25, 0.3) is 28.0 Å². The lowest BCUT2D eigenvalue weighted by molar-refractivity contribution is 0.422. The van der Waals surface area contributed by atoms with E-state index in [4.69, 9.17) is 4.52 Å². The van der Waals surface area contributed by atoms with Gasteiger partial charge in [-0.25, -0.2) is 4.68 Å². The van der Waals surface area contributed by atoms with Crippen LogP contribution in [0.15, 0.2) is 47.4 Å². The molecular formula is C12H8N6O. The van der Waals surface area contributed by atoms with Gasteiger partial charge in [0.25, 0.3) is 0 Å². The summed E-state index contributed by atoms with van der Waals surface area (Å²) in [5.41, 5.74) is 3.18. The molecule has 0 bridgehead atoms. The van der Waals surface area contributed by atoms with Gasteiger partial charge < -0.3 is 4.52 Å². The predicted octanol–water partition coefficient (Wildman–Crippen LogP) is 1.80. The number of aromatic nitrogens is 6. The molecule has 0 saturated carbocycles. The van der Waals surface area contributed by atoms with Gasteiger partial charge in [0.1, 0.15) is 17.7 Å². The summed E-state index contributed by atoms with van der Waals surface area (Å²) in [6.07, 6.45) is 5.08. The Bertz CT molecular complexity index is 829. The summed E-state index contributed by atoms with van der Waals surface area (Å²) in [5, 5.41) is 20.0. The monoisotopic (exact) mass is 252 g/mol. The summed E-state index contributed by atoms with van der Waals surface area (Å²) < 4.78 is 6.50. The standard InChI is InChI=1S/C12H8N6O/c1-2-9-8(6-13-14-9)12(3-1)18-7-11(15-17-18)10-4-5-19-16-10/h1-7H,(H,13,14). The number of hydrogen-bond acceptors (Lipinski definition) is 5. The van der Waals surface area contributed by atoms with Crippen molar-refractivity contribution >= 4 is 10.9 Å². The van der Waals surface area contributed by atoms with Crippen LogP contribution >= 0.6 is 0 Å². The number of aromatic amines is 1. The fourth-order valence-corrected chi connectivity index (χ4v) is 2.00. The van der Waals surface area contributed by atoms with Gasteiger partial charge in [-0.05, 0) is 12.1 Å². The van der Waals surface area contributed by atoms with E-state index in [1.165, 1.54) is 6.26 Å². The maximum absolute atomic E-state index is 4.80. The highest BCUT2D eigenvalue weighted by atomic mass is 16.5. The van der Waals surface area contributed by atoms with Crippen LogP contribution in [0.1, 0.15) is 0 Å². The second-order valence-corrected chi connectivity index (χ2v) is 4.04. The lowest BCUT2D eigenvalue weighted by Crippen LogP contribution is -1.95. The van der Waals surface area contributed by atoms with Gasteiger partial charge in [0, 0.05) is 11.5 Å². The van der Waals surface area contributed by atoms with Gasteiger partial charge in [-0.15, -0.1) is 5.10 Å². The van der Waals surface area contributed by atoms with Crippen LogP contribution in [0.2, 0.25) is 0 Å². The Morgan fingerprint density at radius 2 is 2.16 bits per heavy atom. The molecule has 7 heteroatoms. The van der Waals surface area contributed by atoms with Crippen LogP contribution in [0, 0.1) is 0 Å². The summed E-state index contributed by atoms with van der Waals surface area (Å²) in [4.78, 5) is 0. The first-order chi connectivity index (χ1) is 9.42. The van der Waals surface area contributed by atoms with E-state index >= 15 is 0 Å². The van der Waals surface area contributed by atoms with E-state index in [9.17, 15) is 0 Å². The molecule has 3 aromatic heterocycles. The Morgan fingerprint density at radius 1 is 1.16 bits per heavy atom. The first-order valence-corrected chi connectivity index (χ1v) is 5.67. The number of fused-ring (bicyclic) bond motifs is 1. The van der Waals surface area contributed by atoms with Crippen molar-refractivity contribution in [2.45, 2.75) is 0 Å². The molecule has 0 unspecified atom stereocenters. The van der Waals surface area contributed by atoms with Crippen LogP contribution in [-0.4, -0.2) is 30.3 Å². The van der Waals surface area contributed by atoms with Crippen molar-refractivity contribution in [1.82, 2.24) is 30.3 Å². The molecule has 1 aromatic carbocycles. The maximum atomic E-state index is 4.80. The third-order valence-corrected chi connectivity index (χ3v) is 2.90. The summed E-state index contributed by atoms with van der Waals surface area (Å²) in [6.45, 7) is 0. The van der Waals surface area contributed by atoms with Gasteiger partial charge in [0.15, 0.2) is 0 Å². The zero-order chi connectivity index (χ0) is 12.7. The Kier molecular flexibility index (Phi) is 1.99. The quantitative estimate of drug-likeness (QED) is 0.588. The number of hydrogen-bond donors (Lipinski definition) is 1. The van der Waals surface area contributed by atoms with Gasteiger partial charge in [0.05, 0.1) is 23.6 Å². The molecule has 0 aliphatic carbocycles. The maximum Gasteiger partial charge on any atom is 0.135 e. The first kappa shape index (κ1) is 10.0. The van der Waals surface area contributed by atoms with Crippen LogP contribution < -0.4 is 0 Å². The lowest BCUT2D eigenvalue weighted by Gasteiger charge is -2.00. The van der Waals surface area contributed by atoms with Gasteiger partial charge in [-0.2, -0.15) is 5.10 Å². The number of nitrogens with zero attached hydrogens (tertiary/aromatic N) is 5. The van der Waals surface area contributed by atoms with Crippen molar-refractivity contribution in [2.75, 3.05) is 0 Å². The summed E-state index contributed by atoms with van der Waals surface area (Å²) in [7, 11) is 0. The molecule has 92 valence electrons. The Balaban J connectivity index is 1.87. The van der Waals surface area contributed by atoms with Crippen molar-refractivity contribution in [3.8, 4) is 17.1 Å². The molecule has 0 saturated heterocycles. The van der Waals surface area contributed by atoms with Crippen LogP contribution in [-0.2, 0) is 0 Å². The van der Waals surface area contributed by atoms with E-state index in [1.807, 2.05) is 18.2 Å². The summed E-state index contributed by atoms with van der Waals surface area (Å²) in [6, 6.07) is 7.60. The average Bonchev–Trinajstić information content (AvgIpc) is 3.18. The number of H-pyrrole nitrogens is 1. The SMILES string of the molecule is c1cc(-n2cc(-c3ccon3)nn2)c2cn[nH]c2c1. The molecule has 7 nitrogen and oxygen atoms in total. The zero-order valence-electron chi connectivity index (χ0n) is 9.69. The van der Waals surface area contributed by atoms with E-state index < -0.39 is 0 Å². The predicted molar refractivity (Wildman–Crippen MR) is 66.5 cm³/mol. The fraction of sp³-hybridized carbons (Fsp3) is 0. The van der Waals surface area contributed by atoms with E-state index in [2.05, 4.69) is 25.7 Å². The third kappa shape index (κ3) is 1.52. The van der Waals surface area contributed by atoms with E-state index in [0.29, 0.717) is 11.4 Å². The largest absolute Gasteiger partial charge is 0.364 e. The van der Waals surface area contributed by atoms with Crippen LogP contribution in [0.3, 0.4) is 0 Å². The highest BCUT2D eigenvalue weighted by molar-refractivity contribution is 5.86. The molecule has 0 amide bonds. The Labute approximate surface area is 106 Å². The van der Waals surface area contributed by atoms with Gasteiger partial charge in [-0.3, -0.25) is 5.10 Å². The molecule has 0 atom stereocenters. The molecule has 4 rings (SSSR count). The molecule has 0 fully saturated rings. The Morgan fingerprint density at radius 3 is 3.05 bits per heavy atom. The van der Waals surface area contributed by atoms with E-state index in [-0.39, 0.29) is 0 Å². The minimum Gasteiger partial charge on any atom is -0.364 e. The molecule has 0 spiro atoms. The second-order valence-electron chi connectivity index (χ2n) is 4.04. The summed E-state index contributed by atoms with van der Waals surface area (Å²) >= 11 is 0. The second kappa shape index (κ2) is 3.77.